The number of halogens is 4. The number of aromatic nitrogens is 1. The zero-order chi connectivity index (χ0) is 13.0. The van der Waals surface area contributed by atoms with E-state index in [-0.39, 0.29) is 22.2 Å². The highest BCUT2D eigenvalue weighted by Gasteiger charge is 2.21. The molecular weight excluding hydrogens is 350 g/mol. The fraction of sp³-hybridized carbons (Fsp3) is 0.400. The predicted octanol–water partition coefficient (Wildman–Crippen LogP) is 2.87. The monoisotopic (exact) mass is 359 g/mol. The first-order chi connectivity index (χ1) is 7.95. The van der Waals surface area contributed by atoms with E-state index in [1.165, 1.54) is 0 Å². The van der Waals surface area contributed by atoms with E-state index in [0.717, 1.165) is 6.07 Å². The lowest BCUT2D eigenvalue weighted by Crippen LogP contribution is -2.12. The summed E-state index contributed by atoms with van der Waals surface area (Å²) < 4.78 is 43.1. The Morgan fingerprint density at radius 2 is 2.24 bits per heavy atom. The van der Waals surface area contributed by atoms with Gasteiger partial charge in [0.2, 0.25) is 5.95 Å². The second kappa shape index (κ2) is 6.18. The first-order valence-corrected chi connectivity index (χ1v) is 5.82. The van der Waals surface area contributed by atoms with Gasteiger partial charge in [-0.2, -0.15) is 4.39 Å². The van der Waals surface area contributed by atoms with Crippen molar-refractivity contribution in [1.82, 2.24) is 4.98 Å². The zero-order valence-electron chi connectivity index (χ0n) is 8.84. The van der Waals surface area contributed by atoms with Crippen molar-refractivity contribution in [2.45, 2.75) is 19.8 Å². The third-order valence-corrected chi connectivity index (χ3v) is 2.87. The summed E-state index contributed by atoms with van der Waals surface area (Å²) in [5.41, 5.74) is -0.692. The molecule has 0 aliphatic heterocycles. The Labute approximate surface area is 110 Å². The minimum atomic E-state index is -2.93. The third kappa shape index (κ3) is 3.83. The molecule has 0 spiro atoms. The van der Waals surface area contributed by atoms with Gasteiger partial charge < -0.3 is 4.74 Å². The molecular formula is C10H9F3INO2. The smallest absolute Gasteiger partial charge is 0.310 e. The van der Waals surface area contributed by atoms with Gasteiger partial charge in [0.25, 0.3) is 6.43 Å². The van der Waals surface area contributed by atoms with Crippen LogP contribution >= 0.6 is 22.6 Å². The number of alkyl halides is 2. The van der Waals surface area contributed by atoms with Crippen molar-refractivity contribution in [3.8, 4) is 0 Å². The average Bonchev–Trinajstić information content (AvgIpc) is 2.21. The molecule has 0 aromatic carbocycles. The Morgan fingerprint density at radius 1 is 1.59 bits per heavy atom. The van der Waals surface area contributed by atoms with Crippen LogP contribution in [0.2, 0.25) is 0 Å². The zero-order valence-corrected chi connectivity index (χ0v) is 11.0. The number of pyridine rings is 1. The van der Waals surface area contributed by atoms with Gasteiger partial charge in [-0.25, -0.2) is 13.8 Å². The fourth-order valence-electron chi connectivity index (χ4n) is 1.24. The van der Waals surface area contributed by atoms with Crippen molar-refractivity contribution in [2.75, 3.05) is 6.61 Å². The van der Waals surface area contributed by atoms with E-state index in [1.807, 2.05) is 0 Å². The second-order valence-corrected chi connectivity index (χ2v) is 4.24. The van der Waals surface area contributed by atoms with Gasteiger partial charge in [0.1, 0.15) is 5.69 Å². The Morgan fingerprint density at radius 3 is 2.76 bits per heavy atom. The Balaban J connectivity index is 3.08. The van der Waals surface area contributed by atoms with Crippen LogP contribution in [-0.2, 0) is 16.0 Å². The molecule has 17 heavy (non-hydrogen) atoms. The predicted molar refractivity (Wildman–Crippen MR) is 62.2 cm³/mol. The molecule has 0 bridgehead atoms. The lowest BCUT2D eigenvalue weighted by atomic mass is 10.1. The lowest BCUT2D eigenvalue weighted by Gasteiger charge is -2.10. The van der Waals surface area contributed by atoms with Crippen LogP contribution in [0.1, 0.15) is 24.6 Å². The number of nitrogens with zero attached hydrogens (tertiary/aromatic N) is 1. The van der Waals surface area contributed by atoms with Crippen LogP contribution in [0.4, 0.5) is 13.2 Å². The summed E-state index contributed by atoms with van der Waals surface area (Å²) in [4.78, 5) is 14.3. The Bertz CT molecular complexity index is 426. The van der Waals surface area contributed by atoms with Gasteiger partial charge in [-0.3, -0.25) is 4.79 Å². The number of hydrogen-bond donors (Lipinski definition) is 0. The maximum atomic E-state index is 12.9. The molecule has 0 radical (unpaired) electrons. The van der Waals surface area contributed by atoms with Gasteiger partial charge in [-0.15, -0.1) is 0 Å². The van der Waals surface area contributed by atoms with Crippen LogP contribution in [0.15, 0.2) is 6.07 Å². The first-order valence-electron chi connectivity index (χ1n) is 4.74. The summed E-state index contributed by atoms with van der Waals surface area (Å²) in [7, 11) is 0. The van der Waals surface area contributed by atoms with E-state index >= 15 is 0 Å². The normalized spacial score (nSPS) is 10.7. The van der Waals surface area contributed by atoms with Crippen molar-refractivity contribution in [2.24, 2.45) is 0 Å². The lowest BCUT2D eigenvalue weighted by molar-refractivity contribution is -0.142. The van der Waals surface area contributed by atoms with E-state index in [0.29, 0.717) is 0 Å². The van der Waals surface area contributed by atoms with Gasteiger partial charge >= 0.3 is 5.97 Å². The molecule has 0 aliphatic rings. The van der Waals surface area contributed by atoms with Crippen LogP contribution in [0.3, 0.4) is 0 Å². The van der Waals surface area contributed by atoms with Gasteiger partial charge in [0.15, 0.2) is 0 Å². The summed E-state index contributed by atoms with van der Waals surface area (Å²) in [6.45, 7) is 1.77. The number of hydrogen-bond acceptors (Lipinski definition) is 3. The van der Waals surface area contributed by atoms with Gasteiger partial charge in [-0.05, 0) is 29.5 Å². The summed E-state index contributed by atoms with van der Waals surface area (Å²) in [6, 6.07) is 1.00. The van der Waals surface area contributed by atoms with Crippen molar-refractivity contribution in [3.05, 3.63) is 26.8 Å². The van der Waals surface area contributed by atoms with Crippen molar-refractivity contribution >= 4 is 28.6 Å². The molecule has 3 nitrogen and oxygen atoms in total. The minimum absolute atomic E-state index is 0.0143. The van der Waals surface area contributed by atoms with Crippen LogP contribution < -0.4 is 0 Å². The number of carbonyl (C=O) groups excluding carboxylic acids is 1. The van der Waals surface area contributed by atoms with E-state index in [1.54, 1.807) is 29.5 Å². The maximum absolute atomic E-state index is 12.9. The van der Waals surface area contributed by atoms with Crippen LogP contribution in [0.5, 0.6) is 0 Å². The fourth-order valence-corrected chi connectivity index (χ4v) is 1.96. The highest BCUT2D eigenvalue weighted by Crippen LogP contribution is 2.26. The second-order valence-electron chi connectivity index (χ2n) is 3.07. The van der Waals surface area contributed by atoms with Crippen molar-refractivity contribution < 1.29 is 22.7 Å². The molecule has 94 valence electrons. The number of ether oxygens (including phenoxy) is 1. The van der Waals surface area contributed by atoms with Gasteiger partial charge in [0.05, 0.1) is 13.0 Å². The molecule has 0 unspecified atom stereocenters. The average molecular weight is 359 g/mol. The number of esters is 1. The van der Waals surface area contributed by atoms with E-state index in [9.17, 15) is 18.0 Å². The first kappa shape index (κ1) is 14.2. The molecule has 0 N–H and O–H groups in total. The van der Waals surface area contributed by atoms with Crippen molar-refractivity contribution in [1.29, 1.82) is 0 Å². The van der Waals surface area contributed by atoms with E-state index in [4.69, 9.17) is 0 Å². The third-order valence-electron chi connectivity index (χ3n) is 1.90. The summed E-state index contributed by atoms with van der Waals surface area (Å²) in [5.74, 6) is -1.63. The molecule has 0 amide bonds. The van der Waals surface area contributed by atoms with Crippen LogP contribution in [-0.4, -0.2) is 17.6 Å². The summed E-state index contributed by atoms with van der Waals surface area (Å²) >= 11 is 1.69. The SMILES string of the molecule is CCOC(=O)Cc1c(I)cc(F)nc1C(F)F. The molecule has 0 fully saturated rings. The quantitative estimate of drug-likeness (QED) is 0.472. The molecule has 0 saturated heterocycles. The van der Waals surface area contributed by atoms with E-state index < -0.39 is 24.0 Å². The van der Waals surface area contributed by atoms with Crippen LogP contribution in [0, 0.1) is 9.52 Å². The molecule has 0 atom stereocenters. The minimum Gasteiger partial charge on any atom is -0.466 e. The van der Waals surface area contributed by atoms with Crippen molar-refractivity contribution in [3.63, 3.8) is 0 Å². The molecule has 1 rings (SSSR count). The summed E-state index contributed by atoms with van der Waals surface area (Å²) in [5, 5.41) is 0. The Kier molecular flexibility index (Phi) is 5.16. The topological polar surface area (TPSA) is 39.2 Å². The van der Waals surface area contributed by atoms with Gasteiger partial charge in [0, 0.05) is 15.2 Å². The molecule has 1 aromatic rings. The molecule has 1 heterocycles. The molecule has 7 heteroatoms. The largest absolute Gasteiger partial charge is 0.466 e. The van der Waals surface area contributed by atoms with E-state index in [2.05, 4.69) is 9.72 Å². The number of rotatable bonds is 4. The summed E-state index contributed by atoms with van der Waals surface area (Å²) in [6.07, 6.45) is -3.26. The molecule has 0 aliphatic carbocycles. The van der Waals surface area contributed by atoms with Crippen LogP contribution in [0.25, 0.3) is 0 Å². The molecule has 0 saturated carbocycles. The standard InChI is InChI=1S/C10H9F3INO2/c1-2-17-8(16)3-5-6(14)4-7(11)15-9(5)10(12)13/h4,10H,2-3H2,1H3. The number of carbonyl (C=O) groups is 1. The maximum Gasteiger partial charge on any atom is 0.310 e. The Hall–Kier alpha value is -0.860. The van der Waals surface area contributed by atoms with Gasteiger partial charge in [-0.1, -0.05) is 0 Å². The highest BCUT2D eigenvalue weighted by atomic mass is 127. The highest BCUT2D eigenvalue weighted by molar-refractivity contribution is 14.1. The molecule has 1 aromatic heterocycles.